The lowest BCUT2D eigenvalue weighted by Crippen LogP contribution is -2.60. The van der Waals surface area contributed by atoms with E-state index < -0.39 is 32.3 Å². The maximum Gasteiger partial charge on any atom is 0.115 e. The van der Waals surface area contributed by atoms with Crippen LogP contribution in [0.1, 0.15) is 66.5 Å². The summed E-state index contributed by atoms with van der Waals surface area (Å²) >= 11 is 0. The average Bonchev–Trinajstić information content (AvgIpc) is 3.12. The van der Waals surface area contributed by atoms with Gasteiger partial charge in [-0.3, -0.25) is 0 Å². The molecule has 1 aromatic carbocycles. The van der Waals surface area contributed by atoms with E-state index in [9.17, 15) is 0 Å². The molecule has 0 aromatic heterocycles. The Kier molecular flexibility index (Phi) is 6.60. The molecule has 2 aliphatic rings. The van der Waals surface area contributed by atoms with Gasteiger partial charge in [-0.05, 0) is 43.7 Å². The van der Waals surface area contributed by atoms with Crippen molar-refractivity contribution in [2.45, 2.75) is 117 Å². The van der Waals surface area contributed by atoms with Crippen LogP contribution >= 0.6 is 0 Å². The number of hydrogen-bond donors (Lipinski definition) is 0. The van der Waals surface area contributed by atoms with Gasteiger partial charge >= 0.3 is 0 Å². The minimum absolute atomic E-state index is 0.749. The minimum Gasteiger partial charge on any atom is -0.0851 e. The van der Waals surface area contributed by atoms with E-state index >= 15 is 0 Å². The Morgan fingerprint density at radius 1 is 0.500 bits per heavy atom. The zero-order chi connectivity index (χ0) is 24.6. The molecule has 2 heterocycles. The fourth-order valence-electron chi connectivity index (χ4n) is 7.92. The van der Waals surface area contributed by atoms with Crippen molar-refractivity contribution in [1.29, 1.82) is 0 Å². The van der Waals surface area contributed by atoms with Crippen LogP contribution in [0, 0.1) is 0 Å². The largest absolute Gasteiger partial charge is 0.115 e. The van der Waals surface area contributed by atoms with E-state index in [4.69, 9.17) is 0 Å². The Hall–Kier alpha value is -0.432. The van der Waals surface area contributed by atoms with Gasteiger partial charge in [0.05, 0.1) is 16.1 Å². The summed E-state index contributed by atoms with van der Waals surface area (Å²) in [5.41, 5.74) is 6.24. The van der Waals surface area contributed by atoms with E-state index in [0.29, 0.717) is 0 Å². The molecule has 1 aromatic rings. The number of benzene rings is 1. The summed E-state index contributed by atoms with van der Waals surface area (Å²) in [5, 5.41) is 3.56. The molecule has 0 amide bonds. The Balaban J connectivity index is 2.43. The lowest BCUT2D eigenvalue weighted by Gasteiger charge is -2.45. The van der Waals surface area contributed by atoms with Crippen LogP contribution in [0.25, 0.3) is 12.2 Å². The summed E-state index contributed by atoms with van der Waals surface area (Å²) in [6.07, 6.45) is 5.47. The Bertz CT molecular complexity index is 867. The molecule has 0 saturated carbocycles. The topological polar surface area (TPSA) is 0 Å². The predicted octanol–water partition coefficient (Wildman–Crippen LogP) is 8.27. The van der Waals surface area contributed by atoms with Gasteiger partial charge in [-0.15, -0.1) is 0 Å². The van der Waals surface area contributed by atoms with E-state index in [1.54, 1.807) is 21.5 Å². The highest BCUT2D eigenvalue weighted by molar-refractivity contribution is 7.16. The summed E-state index contributed by atoms with van der Waals surface area (Å²) < 4.78 is 0. The van der Waals surface area contributed by atoms with Crippen molar-refractivity contribution in [3.63, 3.8) is 0 Å². The van der Waals surface area contributed by atoms with Crippen LogP contribution in [0.15, 0.2) is 21.8 Å². The first-order chi connectivity index (χ1) is 14.4. The van der Waals surface area contributed by atoms with Crippen molar-refractivity contribution in [2.75, 3.05) is 0 Å². The summed E-state index contributed by atoms with van der Waals surface area (Å²) in [7, 11) is -6.34. The molecule has 0 saturated heterocycles. The average molecular weight is 499 g/mol. The van der Waals surface area contributed by atoms with Crippen molar-refractivity contribution in [3.8, 4) is 0 Å². The standard InChI is InChI=1S/C28H50Si4/c1-19(2)31(20(3)4)25-15-24-18-28(30(12,13)14)32(21(5)6,22(7)8)26(24)16-23(25)17-27(31)29(9,10)11/h15-22H,1-14H3. The third-order valence-corrected chi connectivity index (χ3v) is 31.4. The monoisotopic (exact) mass is 498 g/mol. The Labute approximate surface area is 204 Å². The molecule has 178 valence electrons. The van der Waals surface area contributed by atoms with Crippen LogP contribution in [0.3, 0.4) is 0 Å². The molecule has 0 unspecified atom stereocenters. The first-order valence-electron chi connectivity index (χ1n) is 13.1. The molecule has 4 heteroatoms. The highest BCUT2D eigenvalue weighted by Crippen LogP contribution is 2.50. The summed E-state index contributed by atoms with van der Waals surface area (Å²) in [6.45, 7) is 35.8. The van der Waals surface area contributed by atoms with Crippen LogP contribution in [-0.2, 0) is 0 Å². The Morgan fingerprint density at radius 3 is 0.938 bits per heavy atom. The van der Waals surface area contributed by atoms with Crippen LogP contribution in [0.5, 0.6) is 0 Å². The maximum absolute atomic E-state index is 2.75. The van der Waals surface area contributed by atoms with Gasteiger partial charge in [0.2, 0.25) is 0 Å². The molecule has 0 aliphatic carbocycles. The van der Waals surface area contributed by atoms with Crippen molar-refractivity contribution < 1.29 is 0 Å². The van der Waals surface area contributed by atoms with Crippen molar-refractivity contribution in [1.82, 2.24) is 0 Å². The van der Waals surface area contributed by atoms with E-state index in [1.807, 2.05) is 9.64 Å². The van der Waals surface area contributed by atoms with Gasteiger partial charge in [-0.1, -0.05) is 129 Å². The molecule has 0 N–H and O–H groups in total. The second-order valence-corrected chi connectivity index (χ2v) is 35.3. The molecular formula is C28H50Si4. The SMILES string of the molecule is CC(C)[Si]1(C(C)C)C([Si](C)(C)C)=Cc2cc3c(cc21)C=C([Si](C)(C)C)[Si]3(C(C)C)C(C)C. The van der Waals surface area contributed by atoms with Gasteiger partial charge in [0.15, 0.2) is 0 Å². The molecule has 0 bridgehead atoms. The van der Waals surface area contributed by atoms with E-state index in [1.165, 1.54) is 0 Å². The summed E-state index contributed by atoms with van der Waals surface area (Å²) in [5.74, 6) is 0. The smallest absolute Gasteiger partial charge is 0.0851 e. The quantitative estimate of drug-likeness (QED) is 0.346. The summed E-state index contributed by atoms with van der Waals surface area (Å²) in [4.78, 5) is 3.84. The predicted molar refractivity (Wildman–Crippen MR) is 160 cm³/mol. The third kappa shape index (κ3) is 3.46. The zero-order valence-electron chi connectivity index (χ0n) is 23.6. The fraction of sp³-hybridized carbons (Fsp3) is 0.643. The molecule has 3 rings (SSSR count). The number of hydrogen-bond acceptors (Lipinski definition) is 0. The van der Waals surface area contributed by atoms with Gasteiger partial charge in [0.25, 0.3) is 0 Å². The van der Waals surface area contributed by atoms with Gasteiger partial charge in [-0.25, -0.2) is 0 Å². The summed E-state index contributed by atoms with van der Waals surface area (Å²) in [6, 6.07) is 5.50. The number of rotatable bonds is 6. The zero-order valence-corrected chi connectivity index (χ0v) is 27.6. The minimum atomic E-state index is -1.76. The van der Waals surface area contributed by atoms with E-state index in [2.05, 4.69) is 119 Å². The van der Waals surface area contributed by atoms with Crippen LogP contribution in [0.4, 0.5) is 0 Å². The van der Waals surface area contributed by atoms with Crippen molar-refractivity contribution in [2.24, 2.45) is 0 Å². The molecule has 2 aliphatic heterocycles. The maximum atomic E-state index is 2.75. The molecule has 0 nitrogen and oxygen atoms in total. The highest BCUT2D eigenvalue weighted by Gasteiger charge is 2.56. The van der Waals surface area contributed by atoms with Crippen LogP contribution in [0.2, 0.25) is 61.4 Å². The molecule has 0 radical (unpaired) electrons. The van der Waals surface area contributed by atoms with Gasteiger partial charge in [0, 0.05) is 0 Å². The van der Waals surface area contributed by atoms with Crippen molar-refractivity contribution >= 4 is 54.8 Å². The second kappa shape index (κ2) is 8.06. The highest BCUT2D eigenvalue weighted by atomic mass is 28.4. The number of fused-ring (bicyclic) bond motifs is 2. The Morgan fingerprint density at radius 2 is 0.750 bits per heavy atom. The van der Waals surface area contributed by atoms with E-state index in [0.717, 1.165) is 22.2 Å². The first-order valence-corrected chi connectivity index (χ1v) is 24.4. The van der Waals surface area contributed by atoms with Gasteiger partial charge in [0.1, 0.15) is 16.1 Å². The van der Waals surface area contributed by atoms with Gasteiger partial charge in [-0.2, -0.15) is 0 Å². The third-order valence-electron chi connectivity index (χ3n) is 8.86. The van der Waals surface area contributed by atoms with Crippen molar-refractivity contribution in [3.05, 3.63) is 32.9 Å². The van der Waals surface area contributed by atoms with E-state index in [-0.39, 0.29) is 0 Å². The lowest BCUT2D eigenvalue weighted by molar-refractivity contribution is 0.923. The molecule has 0 spiro atoms. The normalized spacial score (nSPS) is 19.7. The van der Waals surface area contributed by atoms with Crippen LogP contribution < -0.4 is 10.4 Å². The second-order valence-electron chi connectivity index (χ2n) is 14.0. The molecular weight excluding hydrogens is 449 g/mol. The molecule has 0 fully saturated rings. The molecule has 0 atom stereocenters. The van der Waals surface area contributed by atoms with Crippen LogP contribution in [-0.4, -0.2) is 32.3 Å². The molecule has 32 heavy (non-hydrogen) atoms. The first kappa shape index (κ1) is 26.2. The fourth-order valence-corrected chi connectivity index (χ4v) is 34.3. The lowest BCUT2D eigenvalue weighted by atomic mass is 10.1. The van der Waals surface area contributed by atoms with Gasteiger partial charge < -0.3 is 0 Å².